The predicted molar refractivity (Wildman–Crippen MR) is 118 cm³/mol. The maximum atomic E-state index is 12.3. The standard InChI is InChI=1S/C19H25F3N4O3.HI/c1-5-23-18(25-10-17-26-12(2)13(3)29-17)24-9-14-6-7-15(16(8-14)27-4)28-11-19(20,21)22;/h6-8H,5,9-11H2,1-4H3,(H2,23,24,25);1H. The number of rotatable bonds is 8. The maximum absolute atomic E-state index is 12.3. The Labute approximate surface area is 190 Å². The summed E-state index contributed by atoms with van der Waals surface area (Å²) in [6.45, 7) is 5.59. The number of hydrogen-bond donors (Lipinski definition) is 2. The fourth-order valence-electron chi connectivity index (χ4n) is 2.38. The molecular formula is C19H26F3IN4O3. The molecular weight excluding hydrogens is 516 g/mol. The van der Waals surface area contributed by atoms with Crippen LogP contribution in [0, 0.1) is 13.8 Å². The average Bonchev–Trinajstić information content (AvgIpc) is 2.99. The zero-order valence-electron chi connectivity index (χ0n) is 17.2. The molecule has 0 aliphatic carbocycles. The van der Waals surface area contributed by atoms with Gasteiger partial charge in [-0.05, 0) is 38.5 Å². The van der Waals surface area contributed by atoms with Gasteiger partial charge in [0.25, 0.3) is 0 Å². The van der Waals surface area contributed by atoms with Crippen LogP contribution in [0.15, 0.2) is 27.6 Å². The van der Waals surface area contributed by atoms with E-state index in [9.17, 15) is 13.2 Å². The highest BCUT2D eigenvalue weighted by Crippen LogP contribution is 2.30. The molecule has 0 saturated heterocycles. The number of halogens is 4. The van der Waals surface area contributed by atoms with Crippen molar-refractivity contribution >= 4 is 29.9 Å². The monoisotopic (exact) mass is 542 g/mol. The number of nitrogens with one attached hydrogen (secondary N) is 2. The molecule has 0 amide bonds. The first-order valence-corrected chi connectivity index (χ1v) is 9.03. The molecule has 11 heteroatoms. The van der Waals surface area contributed by atoms with Crippen LogP contribution in [0.2, 0.25) is 0 Å². The van der Waals surface area contributed by atoms with Crippen LogP contribution in [0.3, 0.4) is 0 Å². The molecule has 0 atom stereocenters. The first-order chi connectivity index (χ1) is 13.7. The summed E-state index contributed by atoms with van der Waals surface area (Å²) in [5.74, 6) is 2.11. The van der Waals surface area contributed by atoms with Crippen LogP contribution in [0.25, 0.3) is 0 Å². The molecule has 0 unspecified atom stereocenters. The Morgan fingerprint density at radius 1 is 1.20 bits per heavy atom. The first-order valence-electron chi connectivity index (χ1n) is 9.03. The third-order valence-corrected chi connectivity index (χ3v) is 3.86. The number of aromatic nitrogens is 1. The smallest absolute Gasteiger partial charge is 0.422 e. The second-order valence-electron chi connectivity index (χ2n) is 6.19. The van der Waals surface area contributed by atoms with Crippen LogP contribution in [0.5, 0.6) is 11.5 Å². The van der Waals surface area contributed by atoms with E-state index in [1.807, 2.05) is 20.8 Å². The Balaban J connectivity index is 0.00000450. The molecule has 1 heterocycles. The number of aryl methyl sites for hydroxylation is 2. The Morgan fingerprint density at radius 2 is 1.93 bits per heavy atom. The van der Waals surface area contributed by atoms with Crippen molar-refractivity contribution in [2.75, 3.05) is 20.3 Å². The minimum absolute atomic E-state index is 0. The van der Waals surface area contributed by atoms with E-state index in [0.29, 0.717) is 24.9 Å². The van der Waals surface area contributed by atoms with Crippen molar-refractivity contribution in [2.24, 2.45) is 4.99 Å². The summed E-state index contributed by atoms with van der Waals surface area (Å²) in [6.07, 6.45) is -4.42. The number of oxazole rings is 1. The molecule has 0 radical (unpaired) electrons. The summed E-state index contributed by atoms with van der Waals surface area (Å²) in [6, 6.07) is 4.68. The van der Waals surface area contributed by atoms with Crippen LogP contribution in [0.1, 0.15) is 29.8 Å². The Morgan fingerprint density at radius 3 is 2.50 bits per heavy atom. The van der Waals surface area contributed by atoms with Crippen LogP contribution < -0.4 is 20.1 Å². The molecule has 0 saturated carbocycles. The molecule has 7 nitrogen and oxygen atoms in total. The average molecular weight is 542 g/mol. The highest BCUT2D eigenvalue weighted by Gasteiger charge is 2.29. The SMILES string of the molecule is CCNC(=NCc1ccc(OCC(F)(F)F)c(OC)c1)NCc1nc(C)c(C)o1.I. The number of ether oxygens (including phenoxy) is 2. The third-order valence-electron chi connectivity index (χ3n) is 3.86. The second kappa shape index (κ2) is 11.9. The molecule has 0 fully saturated rings. The maximum Gasteiger partial charge on any atom is 0.422 e. The zero-order chi connectivity index (χ0) is 21.4. The van der Waals surface area contributed by atoms with E-state index in [1.54, 1.807) is 12.1 Å². The number of nitrogens with zero attached hydrogens (tertiary/aromatic N) is 2. The van der Waals surface area contributed by atoms with Gasteiger partial charge in [-0.3, -0.25) is 0 Å². The van der Waals surface area contributed by atoms with Crippen LogP contribution in [-0.4, -0.2) is 37.4 Å². The number of methoxy groups -OCH3 is 1. The summed E-state index contributed by atoms with van der Waals surface area (Å²) in [4.78, 5) is 8.77. The largest absolute Gasteiger partial charge is 0.493 e. The molecule has 0 aliphatic heterocycles. The van der Waals surface area contributed by atoms with E-state index in [4.69, 9.17) is 13.9 Å². The molecule has 1 aromatic carbocycles. The van der Waals surface area contributed by atoms with E-state index in [-0.39, 0.29) is 42.0 Å². The van der Waals surface area contributed by atoms with Gasteiger partial charge in [0.2, 0.25) is 5.89 Å². The van der Waals surface area contributed by atoms with Gasteiger partial charge in [-0.25, -0.2) is 9.98 Å². The molecule has 2 rings (SSSR count). The lowest BCUT2D eigenvalue weighted by molar-refractivity contribution is -0.153. The van der Waals surface area contributed by atoms with Gasteiger partial charge in [0.15, 0.2) is 24.1 Å². The van der Waals surface area contributed by atoms with Crippen molar-refractivity contribution in [3.05, 3.63) is 41.1 Å². The van der Waals surface area contributed by atoms with E-state index >= 15 is 0 Å². The molecule has 0 spiro atoms. The van der Waals surface area contributed by atoms with E-state index < -0.39 is 12.8 Å². The number of guanidine groups is 1. The van der Waals surface area contributed by atoms with Crippen molar-refractivity contribution in [3.63, 3.8) is 0 Å². The summed E-state index contributed by atoms with van der Waals surface area (Å²) in [7, 11) is 1.37. The van der Waals surface area contributed by atoms with Crippen molar-refractivity contribution in [1.29, 1.82) is 0 Å². The second-order valence-corrected chi connectivity index (χ2v) is 6.19. The van der Waals surface area contributed by atoms with Gasteiger partial charge in [0, 0.05) is 6.54 Å². The topological polar surface area (TPSA) is 80.9 Å². The van der Waals surface area contributed by atoms with Crippen molar-refractivity contribution in [3.8, 4) is 11.5 Å². The zero-order valence-corrected chi connectivity index (χ0v) is 19.6. The Kier molecular flexibility index (Phi) is 10.2. The number of aliphatic imine (C=N–C) groups is 1. The van der Waals surface area contributed by atoms with E-state index in [2.05, 4.69) is 20.6 Å². The van der Waals surface area contributed by atoms with Gasteiger partial charge in [-0.1, -0.05) is 6.07 Å². The van der Waals surface area contributed by atoms with Crippen LogP contribution in [-0.2, 0) is 13.1 Å². The van der Waals surface area contributed by atoms with E-state index in [1.165, 1.54) is 13.2 Å². The Bertz CT molecular complexity index is 821. The number of benzene rings is 1. The first kappa shape index (κ1) is 25.9. The fraction of sp³-hybridized carbons (Fsp3) is 0.474. The van der Waals surface area contributed by atoms with Crippen LogP contribution >= 0.6 is 24.0 Å². The normalized spacial score (nSPS) is 11.6. The van der Waals surface area contributed by atoms with Gasteiger partial charge in [0.1, 0.15) is 5.76 Å². The van der Waals surface area contributed by atoms with Crippen molar-refractivity contribution in [2.45, 2.75) is 40.0 Å². The number of hydrogen-bond acceptors (Lipinski definition) is 5. The van der Waals surface area contributed by atoms with Gasteiger partial charge in [0.05, 0.1) is 25.9 Å². The lowest BCUT2D eigenvalue weighted by Gasteiger charge is -2.13. The van der Waals surface area contributed by atoms with E-state index in [0.717, 1.165) is 17.0 Å². The Hall–Kier alpha value is -2.18. The summed E-state index contributed by atoms with van der Waals surface area (Å²) in [5, 5.41) is 6.24. The summed E-state index contributed by atoms with van der Waals surface area (Å²) < 4.78 is 52.5. The molecule has 0 aliphatic rings. The van der Waals surface area contributed by atoms with Crippen LogP contribution in [0.4, 0.5) is 13.2 Å². The minimum Gasteiger partial charge on any atom is -0.493 e. The fourth-order valence-corrected chi connectivity index (χ4v) is 2.38. The lowest BCUT2D eigenvalue weighted by Crippen LogP contribution is -2.36. The minimum atomic E-state index is -4.42. The molecule has 2 aromatic rings. The quantitative estimate of drug-likeness (QED) is 0.297. The third kappa shape index (κ3) is 8.28. The van der Waals surface area contributed by atoms with Gasteiger partial charge in [-0.15, -0.1) is 24.0 Å². The van der Waals surface area contributed by atoms with Crippen molar-refractivity contribution < 1.29 is 27.1 Å². The lowest BCUT2D eigenvalue weighted by atomic mass is 10.2. The molecule has 2 N–H and O–H groups in total. The molecule has 1 aromatic heterocycles. The van der Waals surface area contributed by atoms with Gasteiger partial charge >= 0.3 is 6.18 Å². The summed E-state index contributed by atoms with van der Waals surface area (Å²) in [5.41, 5.74) is 1.59. The van der Waals surface area contributed by atoms with Gasteiger partial charge in [-0.2, -0.15) is 13.2 Å². The van der Waals surface area contributed by atoms with Gasteiger partial charge < -0.3 is 24.5 Å². The predicted octanol–water partition coefficient (Wildman–Crippen LogP) is 4.11. The highest BCUT2D eigenvalue weighted by atomic mass is 127. The molecule has 30 heavy (non-hydrogen) atoms. The highest BCUT2D eigenvalue weighted by molar-refractivity contribution is 14.0. The molecule has 168 valence electrons. The molecule has 0 bridgehead atoms. The van der Waals surface area contributed by atoms with Crippen molar-refractivity contribution in [1.82, 2.24) is 15.6 Å². The number of alkyl halides is 3. The summed E-state index contributed by atoms with van der Waals surface area (Å²) >= 11 is 0.